The van der Waals surface area contributed by atoms with E-state index in [2.05, 4.69) is 0 Å². The molecule has 7 heteroatoms. The van der Waals surface area contributed by atoms with E-state index >= 15 is 0 Å². The van der Waals surface area contributed by atoms with E-state index in [-0.39, 0.29) is 17.5 Å². The second-order valence-corrected chi connectivity index (χ2v) is 7.14. The maximum atomic E-state index is 12.0. The van der Waals surface area contributed by atoms with Crippen LogP contribution in [-0.2, 0) is 14.8 Å². The normalized spacial score (nSPS) is 13.6. The third-order valence-electron chi connectivity index (χ3n) is 3.43. The van der Waals surface area contributed by atoms with Crippen LogP contribution in [0.3, 0.4) is 0 Å². The number of carbonyl (C=O) groups is 1. The molecular formula is C14H22N2O4S. The van der Waals surface area contributed by atoms with E-state index in [4.69, 9.17) is 5.11 Å². The van der Waals surface area contributed by atoms with Crippen molar-refractivity contribution in [2.45, 2.75) is 24.8 Å². The highest BCUT2D eigenvalue weighted by molar-refractivity contribution is 7.89. The van der Waals surface area contributed by atoms with Gasteiger partial charge in [0.1, 0.15) is 0 Å². The summed E-state index contributed by atoms with van der Waals surface area (Å²) in [6, 6.07) is 6.46. The van der Waals surface area contributed by atoms with E-state index in [1.54, 1.807) is 29.2 Å². The molecule has 0 bridgehead atoms. The molecule has 1 atom stereocenters. The molecule has 0 aliphatic carbocycles. The molecule has 1 unspecified atom stereocenters. The Morgan fingerprint density at radius 1 is 1.24 bits per heavy atom. The molecule has 21 heavy (non-hydrogen) atoms. The van der Waals surface area contributed by atoms with Gasteiger partial charge in [-0.05, 0) is 31.2 Å². The summed E-state index contributed by atoms with van der Waals surface area (Å²) < 4.78 is 25.1. The molecule has 0 aromatic heterocycles. The smallest absolute Gasteiger partial charge is 0.317 e. The molecule has 0 radical (unpaired) electrons. The Morgan fingerprint density at radius 2 is 1.76 bits per heavy atom. The molecule has 1 N–H and O–H groups in total. The van der Waals surface area contributed by atoms with Crippen LogP contribution in [0.5, 0.6) is 0 Å². The third kappa shape index (κ3) is 4.26. The molecular weight excluding hydrogens is 292 g/mol. The molecule has 1 rings (SSSR count). The van der Waals surface area contributed by atoms with Crippen LogP contribution in [0.15, 0.2) is 29.2 Å². The van der Waals surface area contributed by atoms with Gasteiger partial charge in [0.25, 0.3) is 0 Å². The first-order valence-corrected chi connectivity index (χ1v) is 8.12. The Kier molecular flexibility index (Phi) is 5.88. The Labute approximate surface area is 126 Å². The van der Waals surface area contributed by atoms with Crippen LogP contribution >= 0.6 is 0 Å². The molecule has 1 aromatic rings. The van der Waals surface area contributed by atoms with Crippen LogP contribution in [0.2, 0.25) is 0 Å². The first kappa shape index (κ1) is 17.6. The Hall–Kier alpha value is -1.44. The third-order valence-corrected chi connectivity index (χ3v) is 5.26. The van der Waals surface area contributed by atoms with E-state index < -0.39 is 16.0 Å². The van der Waals surface area contributed by atoms with Crippen LogP contribution in [0.25, 0.3) is 0 Å². The monoisotopic (exact) mass is 314 g/mol. The highest BCUT2D eigenvalue weighted by Crippen LogP contribution is 2.22. The van der Waals surface area contributed by atoms with Gasteiger partial charge in [-0.3, -0.25) is 9.69 Å². The first-order valence-electron chi connectivity index (χ1n) is 6.68. The fourth-order valence-corrected chi connectivity index (χ4v) is 2.94. The van der Waals surface area contributed by atoms with E-state index in [1.165, 1.54) is 14.1 Å². The lowest BCUT2D eigenvalue weighted by Crippen LogP contribution is -2.32. The summed E-state index contributed by atoms with van der Waals surface area (Å²) in [5.74, 6) is -0.879. The summed E-state index contributed by atoms with van der Waals surface area (Å²) in [6.07, 6.45) is 0. The van der Waals surface area contributed by atoms with E-state index in [0.29, 0.717) is 6.54 Å². The Balaban J connectivity index is 2.99. The molecule has 6 nitrogen and oxygen atoms in total. The van der Waals surface area contributed by atoms with Crippen LogP contribution in [0, 0.1) is 0 Å². The number of carboxylic acids is 1. The molecule has 0 heterocycles. The minimum atomic E-state index is -3.44. The number of nitrogens with zero attached hydrogens (tertiary/aromatic N) is 2. The number of benzene rings is 1. The largest absolute Gasteiger partial charge is 0.480 e. The standard InChI is InChI=1S/C14H22N2O4S/c1-5-16(10-14(17)18)11(2)12-6-8-13(9-7-12)21(19,20)15(3)4/h6-9,11H,5,10H2,1-4H3,(H,17,18). The van der Waals surface area contributed by atoms with Crippen molar-refractivity contribution in [1.29, 1.82) is 0 Å². The van der Waals surface area contributed by atoms with Gasteiger partial charge in [-0.2, -0.15) is 0 Å². The average Bonchev–Trinajstić information content (AvgIpc) is 2.43. The van der Waals surface area contributed by atoms with Gasteiger partial charge in [0.05, 0.1) is 11.4 Å². The van der Waals surface area contributed by atoms with E-state index in [0.717, 1.165) is 9.87 Å². The Bertz CT molecular complexity index is 581. The SMILES string of the molecule is CCN(CC(=O)O)C(C)c1ccc(S(=O)(=O)N(C)C)cc1. The van der Waals surface area contributed by atoms with Crippen molar-refractivity contribution >= 4 is 16.0 Å². The summed E-state index contributed by atoms with van der Waals surface area (Å²) in [7, 11) is -0.471. The van der Waals surface area contributed by atoms with Gasteiger partial charge in [0.15, 0.2) is 0 Å². The number of likely N-dealkylation sites (N-methyl/N-ethyl adjacent to an activating group) is 1. The van der Waals surface area contributed by atoms with Gasteiger partial charge in [-0.15, -0.1) is 0 Å². The van der Waals surface area contributed by atoms with Crippen molar-refractivity contribution in [1.82, 2.24) is 9.21 Å². The second-order valence-electron chi connectivity index (χ2n) is 4.99. The van der Waals surface area contributed by atoms with E-state index in [1.807, 2.05) is 13.8 Å². The lowest BCUT2D eigenvalue weighted by atomic mass is 10.1. The van der Waals surface area contributed by atoms with Gasteiger partial charge < -0.3 is 5.11 Å². The summed E-state index contributed by atoms with van der Waals surface area (Å²) in [6.45, 7) is 4.35. The fourth-order valence-electron chi connectivity index (χ4n) is 2.04. The van der Waals surface area contributed by atoms with Gasteiger partial charge >= 0.3 is 5.97 Å². The minimum absolute atomic E-state index is 0.0462. The van der Waals surface area contributed by atoms with Crippen molar-refractivity contribution in [3.8, 4) is 0 Å². The quantitative estimate of drug-likeness (QED) is 0.823. The summed E-state index contributed by atoms with van der Waals surface area (Å²) in [5.41, 5.74) is 0.885. The molecule has 1 aromatic carbocycles. The Morgan fingerprint density at radius 3 is 2.14 bits per heavy atom. The molecule has 0 amide bonds. The highest BCUT2D eigenvalue weighted by atomic mass is 32.2. The number of rotatable bonds is 7. The molecule has 0 saturated carbocycles. The fraction of sp³-hybridized carbons (Fsp3) is 0.500. The number of hydrogen-bond donors (Lipinski definition) is 1. The highest BCUT2D eigenvalue weighted by Gasteiger charge is 2.20. The molecule has 0 aliphatic rings. The molecule has 0 saturated heterocycles. The maximum absolute atomic E-state index is 12.0. The predicted molar refractivity (Wildman–Crippen MR) is 80.6 cm³/mol. The van der Waals surface area contributed by atoms with Crippen molar-refractivity contribution in [3.05, 3.63) is 29.8 Å². The van der Waals surface area contributed by atoms with Crippen LogP contribution in [0.1, 0.15) is 25.5 Å². The van der Waals surface area contributed by atoms with E-state index in [9.17, 15) is 13.2 Å². The topological polar surface area (TPSA) is 77.9 Å². The van der Waals surface area contributed by atoms with Crippen molar-refractivity contribution in [2.75, 3.05) is 27.2 Å². The molecule has 118 valence electrons. The second kappa shape index (κ2) is 7.02. The molecule has 0 aliphatic heterocycles. The number of aliphatic carboxylic acids is 1. The predicted octanol–water partition coefficient (Wildman–Crippen LogP) is 1.40. The van der Waals surface area contributed by atoms with Gasteiger partial charge in [-0.25, -0.2) is 12.7 Å². The maximum Gasteiger partial charge on any atom is 0.317 e. The van der Waals surface area contributed by atoms with Crippen molar-refractivity contribution < 1.29 is 18.3 Å². The number of hydrogen-bond acceptors (Lipinski definition) is 4. The minimum Gasteiger partial charge on any atom is -0.480 e. The summed E-state index contributed by atoms with van der Waals surface area (Å²) in [5, 5.41) is 8.90. The molecule has 0 fully saturated rings. The van der Waals surface area contributed by atoms with Crippen LogP contribution in [-0.4, -0.2) is 55.9 Å². The summed E-state index contributed by atoms with van der Waals surface area (Å²) in [4.78, 5) is 12.9. The zero-order valence-electron chi connectivity index (χ0n) is 12.8. The first-order chi connectivity index (χ1) is 9.70. The number of sulfonamides is 1. The van der Waals surface area contributed by atoms with Crippen molar-refractivity contribution in [2.24, 2.45) is 0 Å². The lowest BCUT2D eigenvalue weighted by Gasteiger charge is -2.26. The molecule has 0 spiro atoms. The van der Waals surface area contributed by atoms with Crippen LogP contribution in [0.4, 0.5) is 0 Å². The van der Waals surface area contributed by atoms with Crippen molar-refractivity contribution in [3.63, 3.8) is 0 Å². The van der Waals surface area contributed by atoms with Gasteiger partial charge in [0, 0.05) is 20.1 Å². The van der Waals surface area contributed by atoms with Crippen LogP contribution < -0.4 is 0 Å². The summed E-state index contributed by atoms with van der Waals surface area (Å²) >= 11 is 0. The van der Waals surface area contributed by atoms with Gasteiger partial charge in [-0.1, -0.05) is 19.1 Å². The zero-order valence-corrected chi connectivity index (χ0v) is 13.6. The van der Waals surface area contributed by atoms with Gasteiger partial charge in [0.2, 0.25) is 10.0 Å². The zero-order chi connectivity index (χ0) is 16.2. The average molecular weight is 314 g/mol. The number of carboxylic acid groups (broad SMARTS) is 1. The lowest BCUT2D eigenvalue weighted by molar-refractivity contribution is -0.138.